The van der Waals surface area contributed by atoms with E-state index in [1.165, 1.54) is 7.11 Å². The Labute approximate surface area is 282 Å². The number of methoxy groups -OCH3 is 1. The Morgan fingerprint density at radius 3 is 2.35 bits per heavy atom. The molecule has 0 radical (unpaired) electrons. The number of Topliss-reactive ketones (excluding diaryl/α,β-unsaturated/α-hetero) is 1. The monoisotopic (exact) mass is 630 g/mol. The van der Waals surface area contributed by atoms with Gasteiger partial charge in [0.1, 0.15) is 5.92 Å². The van der Waals surface area contributed by atoms with Gasteiger partial charge < -0.3 is 35.2 Å². The maximum Gasteiger partial charge on any atom is 2.00 e. The van der Waals surface area contributed by atoms with E-state index in [1.807, 2.05) is 39.0 Å². The molecule has 46 heavy (non-hydrogen) atoms. The Morgan fingerprint density at radius 1 is 1.00 bits per heavy atom. The predicted octanol–water partition coefficient (Wildman–Crippen LogP) is 2.49. The van der Waals surface area contributed by atoms with Gasteiger partial charge in [0.15, 0.2) is 5.78 Å². The summed E-state index contributed by atoms with van der Waals surface area (Å²) >= 11 is 0. The van der Waals surface area contributed by atoms with Crippen LogP contribution in [0.2, 0.25) is 0 Å². The molecule has 1 aliphatic carbocycles. The van der Waals surface area contributed by atoms with Crippen molar-refractivity contribution in [3.8, 4) is 0 Å². The van der Waals surface area contributed by atoms with E-state index in [-0.39, 0.29) is 48.4 Å². The number of nitrogens with zero attached hydrogens (tertiary/aromatic N) is 4. The molecular weight excluding hydrogens is 597 g/mol. The summed E-state index contributed by atoms with van der Waals surface area (Å²) in [5.41, 5.74) is 8.18. The van der Waals surface area contributed by atoms with Crippen LogP contribution < -0.4 is 25.7 Å². The Morgan fingerprint density at radius 2 is 1.70 bits per heavy atom. The molecule has 0 unspecified atom stereocenters. The Balaban J connectivity index is 0.00000417. The molecule has 0 aromatic carbocycles. The molecule has 6 rings (SSSR count). The van der Waals surface area contributed by atoms with Crippen LogP contribution in [0.1, 0.15) is 80.7 Å². The van der Waals surface area contributed by atoms with Crippen molar-refractivity contribution < 1.29 is 29.3 Å². The molecule has 0 spiro atoms. The second-order valence-electron chi connectivity index (χ2n) is 11.8. The van der Waals surface area contributed by atoms with Crippen molar-refractivity contribution in [2.45, 2.75) is 47.0 Å². The fraction of sp³-hybridized carbons (Fsp3) is 0.343. The van der Waals surface area contributed by atoms with Crippen molar-refractivity contribution in [1.29, 1.82) is 0 Å². The number of aliphatic hydroxyl groups excluding tert-OH is 1. The first-order valence-corrected chi connectivity index (χ1v) is 15.0. The van der Waals surface area contributed by atoms with Crippen LogP contribution in [0.5, 0.6) is 0 Å². The van der Waals surface area contributed by atoms with Gasteiger partial charge in [-0.05, 0) is 51.0 Å². The number of carbonyl (C=O) groups is 3. The molecule has 3 aliphatic rings. The molecule has 0 amide bonds. The molecular formula is C35H34MgN4O6-2. The van der Waals surface area contributed by atoms with Crippen molar-refractivity contribution in [2.24, 2.45) is 17.8 Å². The van der Waals surface area contributed by atoms with Crippen molar-refractivity contribution >= 4 is 70.7 Å². The molecule has 2 N–H and O–H groups in total. The van der Waals surface area contributed by atoms with Gasteiger partial charge in [-0.25, -0.2) is 0 Å². The van der Waals surface area contributed by atoms with Gasteiger partial charge in [0.2, 0.25) is 0 Å². The van der Waals surface area contributed by atoms with E-state index in [4.69, 9.17) is 25.0 Å². The van der Waals surface area contributed by atoms with Crippen LogP contribution in [0, 0.1) is 38.5 Å². The van der Waals surface area contributed by atoms with E-state index in [0.717, 1.165) is 22.3 Å². The molecule has 2 aliphatic heterocycles. The zero-order valence-corrected chi connectivity index (χ0v) is 28.0. The summed E-state index contributed by atoms with van der Waals surface area (Å²) in [5, 5.41) is 25.8. The Hall–Kier alpha value is -4.06. The number of hydrogen-bond acceptors (Lipinski definition) is 5. The first kappa shape index (κ1) is 33.3. The minimum atomic E-state index is -1.26. The number of ether oxygens (including phenoxy) is 1. The number of fused-ring (bicyclic) bond motifs is 7. The van der Waals surface area contributed by atoms with Gasteiger partial charge >= 0.3 is 35.0 Å². The topological polar surface area (TPSA) is 157 Å². The molecule has 3 atom stereocenters. The van der Waals surface area contributed by atoms with E-state index in [9.17, 15) is 24.6 Å². The van der Waals surface area contributed by atoms with Crippen LogP contribution in [-0.2, 0) is 20.7 Å². The summed E-state index contributed by atoms with van der Waals surface area (Å²) in [4.78, 5) is 53.7. The number of carbonyl (C=O) groups excluding carboxylic acids is 2. The summed E-state index contributed by atoms with van der Waals surface area (Å²) < 4.78 is 5.10. The molecule has 1 saturated heterocycles. The summed E-state index contributed by atoms with van der Waals surface area (Å²) in [6.07, 6.45) is 7.87. The van der Waals surface area contributed by atoms with Gasteiger partial charge in [0, 0.05) is 18.6 Å². The SMILES string of the molecule is C=Cc1c2[n-]c(c1C)/C=C1\[N-]/C(=C3\c4[n-]c(c(C)c4C(=O)[C@@H]3C(=O)OC)/C=c3\[n-]/c(c(C)c3CCO)=C\2)[C@@H](CCC(=O)O)[C@@H]1C.[Mg+2]. The van der Waals surface area contributed by atoms with Crippen molar-refractivity contribution in [3.05, 3.63) is 90.1 Å². The molecule has 1 fully saturated rings. The van der Waals surface area contributed by atoms with Gasteiger partial charge in [0.05, 0.1) is 7.11 Å². The Bertz CT molecular complexity index is 1990. The quantitative estimate of drug-likeness (QED) is 0.227. The number of esters is 1. The number of aliphatic hydroxyl groups is 1. The van der Waals surface area contributed by atoms with E-state index in [2.05, 4.69) is 6.58 Å². The Kier molecular flexibility index (Phi) is 9.13. The van der Waals surface area contributed by atoms with Gasteiger partial charge in [-0.15, -0.1) is 33.5 Å². The van der Waals surface area contributed by atoms with Gasteiger partial charge in [-0.1, -0.05) is 65.6 Å². The van der Waals surface area contributed by atoms with Gasteiger partial charge in [-0.3, -0.25) is 14.4 Å². The van der Waals surface area contributed by atoms with Crippen molar-refractivity contribution in [1.82, 2.24) is 15.0 Å². The fourth-order valence-electron chi connectivity index (χ4n) is 6.91. The van der Waals surface area contributed by atoms with E-state index >= 15 is 0 Å². The van der Waals surface area contributed by atoms with E-state index in [0.29, 0.717) is 68.0 Å². The van der Waals surface area contributed by atoms with E-state index < -0.39 is 29.6 Å². The third-order valence-corrected chi connectivity index (χ3v) is 9.42. The zero-order valence-electron chi connectivity index (χ0n) is 26.6. The second-order valence-corrected chi connectivity index (χ2v) is 11.8. The molecule has 11 heteroatoms. The van der Waals surface area contributed by atoms with Crippen LogP contribution in [0.15, 0.2) is 18.0 Å². The number of ketones is 1. The number of rotatable bonds is 7. The van der Waals surface area contributed by atoms with Crippen molar-refractivity contribution in [3.63, 3.8) is 0 Å². The standard InChI is InChI=1S/C35H36N4O6.Mg/c1-7-19-15(2)22-12-24-17(4)21(8-9-28(41)42)32(38-24)30-31(35(44)45-6)34(43)29-18(5)25(39-33(29)30)14-27-20(10-11-40)16(3)23(37-27)13-26(19)36-22;/h7,12-14,17,21,31,40H,1,8-11H2,2-6H3,(H3,38,39,41,42,43);/q-2;+2/p-2/b23-13-,24-12-,27-14-;/t17-,21-,31+;/m0./s1. The fourth-order valence-corrected chi connectivity index (χ4v) is 6.91. The summed E-state index contributed by atoms with van der Waals surface area (Å²) in [5.74, 6) is -3.99. The van der Waals surface area contributed by atoms with Gasteiger partial charge in [-0.2, -0.15) is 11.4 Å². The molecule has 8 bridgehead atoms. The van der Waals surface area contributed by atoms with Crippen molar-refractivity contribution in [2.75, 3.05) is 13.7 Å². The number of aliphatic carboxylic acids is 1. The minimum Gasteiger partial charge on any atom is -0.664 e. The van der Waals surface area contributed by atoms with Gasteiger partial charge in [0.25, 0.3) is 0 Å². The average Bonchev–Trinajstić information content (AvgIpc) is 3.74. The number of hydrogen-bond donors (Lipinski definition) is 2. The molecule has 3 aromatic rings. The first-order valence-electron chi connectivity index (χ1n) is 15.0. The predicted molar refractivity (Wildman–Crippen MR) is 174 cm³/mol. The minimum absolute atomic E-state index is 0. The first-order chi connectivity index (χ1) is 21.5. The van der Waals surface area contributed by atoms with Crippen LogP contribution in [0.4, 0.5) is 0 Å². The average molecular weight is 631 g/mol. The molecule has 3 aromatic heterocycles. The van der Waals surface area contributed by atoms with Crippen LogP contribution >= 0.6 is 0 Å². The number of carboxylic acid groups (broad SMARTS) is 1. The third kappa shape index (κ3) is 5.20. The summed E-state index contributed by atoms with van der Waals surface area (Å²) in [6, 6.07) is 0. The smallest absolute Gasteiger partial charge is 0.664 e. The summed E-state index contributed by atoms with van der Waals surface area (Å²) in [6.45, 7) is 11.6. The zero-order chi connectivity index (χ0) is 32.3. The van der Waals surface area contributed by atoms with Crippen LogP contribution in [-0.4, -0.2) is 64.7 Å². The molecule has 234 valence electrons. The number of aromatic nitrogens is 3. The maximum atomic E-state index is 14.0. The number of allylic oxidation sites excluding steroid dienone is 2. The maximum absolute atomic E-state index is 14.0. The molecule has 5 heterocycles. The van der Waals surface area contributed by atoms with Crippen LogP contribution in [0.3, 0.4) is 0 Å². The normalized spacial score (nSPS) is 23.7. The summed E-state index contributed by atoms with van der Waals surface area (Å²) in [7, 11) is 1.24. The van der Waals surface area contributed by atoms with Crippen LogP contribution in [0.25, 0.3) is 35.2 Å². The third-order valence-electron chi connectivity index (χ3n) is 9.42. The number of carboxylic acids is 1. The molecule has 0 saturated carbocycles. The second kappa shape index (κ2) is 12.6. The largest absolute Gasteiger partial charge is 2.00 e. The van der Waals surface area contributed by atoms with E-state index in [1.54, 1.807) is 13.0 Å². The molecule has 10 nitrogen and oxygen atoms in total.